The highest BCUT2D eigenvalue weighted by Gasteiger charge is 2.12. The molecule has 6 rings (SSSR count). The van der Waals surface area contributed by atoms with Crippen LogP contribution in [0.3, 0.4) is 0 Å². The van der Waals surface area contributed by atoms with Gasteiger partial charge in [-0.2, -0.15) is 0 Å². The summed E-state index contributed by atoms with van der Waals surface area (Å²) >= 11 is 0. The number of carboxylic acid groups (broad SMARTS) is 1. The molecule has 0 bridgehead atoms. The van der Waals surface area contributed by atoms with Crippen LogP contribution in [0.4, 0.5) is 22.7 Å². The van der Waals surface area contributed by atoms with Gasteiger partial charge in [-0.05, 0) is 99.5 Å². The van der Waals surface area contributed by atoms with E-state index in [0.717, 1.165) is 44.8 Å². The van der Waals surface area contributed by atoms with Crippen molar-refractivity contribution in [3.63, 3.8) is 0 Å². The lowest BCUT2D eigenvalue weighted by Gasteiger charge is -2.13. The van der Waals surface area contributed by atoms with Crippen molar-refractivity contribution in [3.8, 4) is 11.5 Å². The number of hydrogen-bond acceptors (Lipinski definition) is 8. The van der Waals surface area contributed by atoms with Gasteiger partial charge in [0.1, 0.15) is 11.5 Å². The Morgan fingerprint density at radius 1 is 0.617 bits per heavy atom. The van der Waals surface area contributed by atoms with Gasteiger partial charge in [-0.1, -0.05) is 12.1 Å². The minimum absolute atomic E-state index is 0.0737. The van der Waals surface area contributed by atoms with Crippen molar-refractivity contribution in [2.75, 3.05) is 10.6 Å². The molecule has 10 heteroatoms. The molecule has 0 spiro atoms. The highest BCUT2D eigenvalue weighted by molar-refractivity contribution is 6.02. The van der Waals surface area contributed by atoms with Gasteiger partial charge in [0.15, 0.2) is 0 Å². The van der Waals surface area contributed by atoms with Gasteiger partial charge in [-0.3, -0.25) is 14.8 Å². The number of benzene rings is 4. The van der Waals surface area contributed by atoms with Crippen molar-refractivity contribution in [3.05, 3.63) is 120 Å². The van der Waals surface area contributed by atoms with Crippen LogP contribution in [0.5, 0.6) is 11.5 Å². The van der Waals surface area contributed by atoms with E-state index in [1.54, 1.807) is 60.9 Å². The Bertz CT molecular complexity index is 2110. The van der Waals surface area contributed by atoms with Crippen LogP contribution in [0.25, 0.3) is 21.8 Å². The Morgan fingerprint density at radius 3 is 1.55 bits per heavy atom. The second-order valence-corrected chi connectivity index (χ2v) is 11.4. The van der Waals surface area contributed by atoms with Crippen molar-refractivity contribution >= 4 is 56.4 Å². The van der Waals surface area contributed by atoms with Crippen molar-refractivity contribution in [2.45, 2.75) is 33.7 Å². The van der Waals surface area contributed by atoms with Crippen LogP contribution in [-0.2, 0) is 0 Å². The monoisotopic (exact) mass is 629 g/mol. The lowest BCUT2D eigenvalue weighted by Crippen LogP contribution is -2.30. The first-order valence-corrected chi connectivity index (χ1v) is 14.9. The molecule has 2 aromatic heterocycles. The van der Waals surface area contributed by atoms with E-state index in [0.29, 0.717) is 16.5 Å². The average molecular weight is 630 g/mol. The summed E-state index contributed by atoms with van der Waals surface area (Å²) in [6.07, 6.45) is 3.37. The number of phenolic OH excluding ortho intramolecular Hbond substituents is 2. The standard InChI is InChI=1S/C20H21N3O2.C17H14N2O3/c1-12(2)22-20(25)14-5-7-17-16(10-14)18(8-9-21-17)23-19-11-15(24)6-4-13(19)3;1-10-2-4-12(20)9-16(10)19-15-6-7-18-14-5-3-11(17(21)22)8-13(14)15/h4-12,24H,1-3H3,(H,21,23)(H,22,25);2-9,20H,1H3,(H,18,19)(H,21,22). The Morgan fingerprint density at radius 2 is 1.09 bits per heavy atom. The maximum atomic E-state index is 12.3. The summed E-state index contributed by atoms with van der Waals surface area (Å²) in [7, 11) is 0. The van der Waals surface area contributed by atoms with Gasteiger partial charge in [-0.15, -0.1) is 0 Å². The van der Waals surface area contributed by atoms with Gasteiger partial charge in [0.25, 0.3) is 5.91 Å². The largest absolute Gasteiger partial charge is 0.508 e. The van der Waals surface area contributed by atoms with E-state index in [-0.39, 0.29) is 29.0 Å². The summed E-state index contributed by atoms with van der Waals surface area (Å²) in [5.74, 6) is -0.730. The summed E-state index contributed by atoms with van der Waals surface area (Å²) in [5.41, 5.74) is 7.41. The number of pyridine rings is 2. The van der Waals surface area contributed by atoms with Crippen LogP contribution in [-0.4, -0.2) is 43.2 Å². The topological polar surface area (TPSA) is 157 Å². The van der Waals surface area contributed by atoms with E-state index in [4.69, 9.17) is 5.11 Å². The van der Waals surface area contributed by atoms with E-state index in [1.165, 1.54) is 6.07 Å². The molecule has 2 heterocycles. The maximum Gasteiger partial charge on any atom is 0.335 e. The summed E-state index contributed by atoms with van der Waals surface area (Å²) in [6, 6.07) is 24.2. The van der Waals surface area contributed by atoms with Gasteiger partial charge in [0, 0.05) is 69.7 Å². The Balaban J connectivity index is 0.000000186. The number of aromatic hydroxyl groups is 2. The quantitative estimate of drug-likeness (QED) is 0.104. The Labute approximate surface area is 271 Å². The van der Waals surface area contributed by atoms with E-state index >= 15 is 0 Å². The first-order valence-electron chi connectivity index (χ1n) is 14.9. The minimum atomic E-state index is -0.981. The zero-order chi connectivity index (χ0) is 33.7. The second kappa shape index (κ2) is 13.9. The summed E-state index contributed by atoms with van der Waals surface area (Å²) in [4.78, 5) is 32.0. The number of nitrogens with one attached hydrogen (secondary N) is 3. The van der Waals surface area contributed by atoms with Crippen LogP contribution in [0.1, 0.15) is 45.7 Å². The molecule has 0 aliphatic rings. The molecular formula is C37H35N5O5. The number of hydrogen-bond donors (Lipinski definition) is 6. The third kappa shape index (κ3) is 7.74. The number of carbonyl (C=O) groups is 2. The molecule has 1 amide bonds. The molecule has 0 saturated heterocycles. The number of fused-ring (bicyclic) bond motifs is 2. The molecule has 6 aromatic rings. The molecule has 0 radical (unpaired) electrons. The SMILES string of the molecule is Cc1ccc(O)cc1Nc1ccnc2ccc(C(=O)NC(C)C)cc12.Cc1ccc(O)cc1Nc1ccnc2ccc(C(=O)O)cc12. The van der Waals surface area contributed by atoms with Crippen molar-refractivity contribution in [2.24, 2.45) is 0 Å². The first kappa shape index (κ1) is 32.2. The molecule has 47 heavy (non-hydrogen) atoms. The summed E-state index contributed by atoms with van der Waals surface area (Å²) < 4.78 is 0. The molecule has 6 N–H and O–H groups in total. The highest BCUT2D eigenvalue weighted by atomic mass is 16.4. The fourth-order valence-corrected chi connectivity index (χ4v) is 4.91. The van der Waals surface area contributed by atoms with Gasteiger partial charge in [0.2, 0.25) is 0 Å². The van der Waals surface area contributed by atoms with Crippen LogP contribution in [0.15, 0.2) is 97.3 Å². The smallest absolute Gasteiger partial charge is 0.335 e. The van der Waals surface area contributed by atoms with Gasteiger partial charge < -0.3 is 31.3 Å². The Hall–Kier alpha value is -6.16. The molecule has 0 aliphatic carbocycles. The Kier molecular flexibility index (Phi) is 9.51. The van der Waals surface area contributed by atoms with E-state index in [2.05, 4.69) is 25.9 Å². The van der Waals surface area contributed by atoms with E-state index in [9.17, 15) is 19.8 Å². The number of carboxylic acids is 1. The predicted octanol–water partition coefficient (Wildman–Crippen LogP) is 7.82. The summed E-state index contributed by atoms with van der Waals surface area (Å²) in [5, 5.41) is 39.5. The van der Waals surface area contributed by atoms with Gasteiger partial charge >= 0.3 is 5.97 Å². The predicted molar refractivity (Wildman–Crippen MR) is 185 cm³/mol. The highest BCUT2D eigenvalue weighted by Crippen LogP contribution is 2.31. The third-order valence-corrected chi connectivity index (χ3v) is 7.39. The molecule has 0 atom stereocenters. The normalized spacial score (nSPS) is 10.7. The third-order valence-electron chi connectivity index (χ3n) is 7.39. The zero-order valence-corrected chi connectivity index (χ0v) is 26.4. The van der Waals surface area contributed by atoms with Crippen molar-refractivity contribution in [1.82, 2.24) is 15.3 Å². The number of anilines is 4. The number of aromatic carboxylic acids is 1. The molecule has 0 fully saturated rings. The number of aromatic nitrogens is 2. The van der Waals surface area contributed by atoms with Gasteiger partial charge in [-0.25, -0.2) is 4.79 Å². The number of nitrogens with zero attached hydrogens (tertiary/aromatic N) is 2. The van der Waals surface area contributed by atoms with Crippen LogP contribution in [0.2, 0.25) is 0 Å². The maximum absolute atomic E-state index is 12.3. The molecule has 0 aliphatic heterocycles. The molecular weight excluding hydrogens is 594 g/mol. The molecule has 238 valence electrons. The average Bonchev–Trinajstić information content (AvgIpc) is 3.04. The van der Waals surface area contributed by atoms with Crippen LogP contribution in [0, 0.1) is 13.8 Å². The molecule has 4 aromatic carbocycles. The second-order valence-electron chi connectivity index (χ2n) is 11.4. The minimum Gasteiger partial charge on any atom is -0.508 e. The van der Waals surface area contributed by atoms with Crippen molar-refractivity contribution < 1.29 is 24.9 Å². The summed E-state index contributed by atoms with van der Waals surface area (Å²) in [6.45, 7) is 7.75. The van der Waals surface area contributed by atoms with Crippen LogP contribution >= 0.6 is 0 Å². The number of aryl methyl sites for hydroxylation is 2. The molecule has 0 saturated carbocycles. The molecule has 0 unspecified atom stereocenters. The fraction of sp³-hybridized carbons (Fsp3) is 0.135. The first-order chi connectivity index (χ1) is 22.5. The van der Waals surface area contributed by atoms with Crippen LogP contribution < -0.4 is 16.0 Å². The zero-order valence-electron chi connectivity index (χ0n) is 26.4. The van der Waals surface area contributed by atoms with Gasteiger partial charge in [0.05, 0.1) is 16.6 Å². The van der Waals surface area contributed by atoms with E-state index in [1.807, 2.05) is 58.0 Å². The number of carbonyl (C=O) groups excluding carboxylic acids is 1. The fourth-order valence-electron chi connectivity index (χ4n) is 4.91. The lowest BCUT2D eigenvalue weighted by atomic mass is 10.1. The van der Waals surface area contributed by atoms with Crippen molar-refractivity contribution in [1.29, 1.82) is 0 Å². The number of phenols is 2. The lowest BCUT2D eigenvalue weighted by molar-refractivity contribution is 0.0696. The van der Waals surface area contributed by atoms with E-state index < -0.39 is 5.97 Å². The molecule has 10 nitrogen and oxygen atoms in total. The number of rotatable bonds is 7. The number of amides is 1.